The van der Waals surface area contributed by atoms with E-state index in [-0.39, 0.29) is 23.6 Å². The van der Waals surface area contributed by atoms with Gasteiger partial charge in [0.15, 0.2) is 0 Å². The number of piperidine rings is 1. The van der Waals surface area contributed by atoms with Crippen molar-refractivity contribution < 1.29 is 32.2 Å². The van der Waals surface area contributed by atoms with E-state index in [2.05, 4.69) is 15.0 Å². The Balaban J connectivity index is 1.52. The molecule has 7 nitrogen and oxygen atoms in total. The third kappa shape index (κ3) is 7.66. The molecule has 1 N–H and O–H groups in total. The van der Waals surface area contributed by atoms with Gasteiger partial charge in [-0.3, -0.25) is 4.79 Å². The molecule has 214 valence electrons. The lowest BCUT2D eigenvalue weighted by molar-refractivity contribution is -0.274. The topological polar surface area (TPSA) is 71.1 Å². The van der Waals surface area contributed by atoms with Gasteiger partial charge in [0.1, 0.15) is 11.4 Å². The number of amides is 2. The van der Waals surface area contributed by atoms with Crippen LogP contribution in [-0.2, 0) is 4.74 Å². The minimum Gasteiger partial charge on any atom is -0.444 e. The summed E-state index contributed by atoms with van der Waals surface area (Å²) in [6, 6.07) is 6.55. The molecule has 3 heterocycles. The maximum Gasteiger partial charge on any atom is 0.573 e. The highest BCUT2D eigenvalue weighted by Gasteiger charge is 2.34. The Morgan fingerprint density at radius 1 is 1.05 bits per heavy atom. The number of ether oxygens (including phenoxy) is 2. The smallest absolute Gasteiger partial charge is 0.444 e. The van der Waals surface area contributed by atoms with Crippen molar-refractivity contribution >= 4 is 23.3 Å². The maximum absolute atomic E-state index is 13.4. The molecular formula is C28H36F3N3O4S. The monoisotopic (exact) mass is 567 g/mol. The third-order valence-electron chi connectivity index (χ3n) is 7.00. The van der Waals surface area contributed by atoms with Crippen molar-refractivity contribution in [2.75, 3.05) is 33.2 Å². The second kappa shape index (κ2) is 11.4. The van der Waals surface area contributed by atoms with Crippen LogP contribution < -0.4 is 10.1 Å². The Morgan fingerprint density at radius 3 is 2.38 bits per heavy atom. The average molecular weight is 568 g/mol. The first-order valence-corrected chi connectivity index (χ1v) is 14.0. The summed E-state index contributed by atoms with van der Waals surface area (Å²) >= 11 is 1.16. The minimum atomic E-state index is -4.84. The molecule has 4 rings (SSSR count). The molecule has 0 radical (unpaired) electrons. The van der Waals surface area contributed by atoms with Gasteiger partial charge in [0.2, 0.25) is 0 Å². The number of carbonyl (C=O) groups is 2. The number of alkyl halides is 3. The molecule has 39 heavy (non-hydrogen) atoms. The van der Waals surface area contributed by atoms with Crippen LogP contribution in [0.2, 0.25) is 0 Å². The van der Waals surface area contributed by atoms with Gasteiger partial charge in [-0.05, 0) is 102 Å². The number of hydrogen-bond acceptors (Lipinski definition) is 6. The van der Waals surface area contributed by atoms with Crippen LogP contribution in [0.4, 0.5) is 18.0 Å². The van der Waals surface area contributed by atoms with Crippen molar-refractivity contribution in [2.45, 2.75) is 70.9 Å². The quantitative estimate of drug-likeness (QED) is 0.468. The summed E-state index contributed by atoms with van der Waals surface area (Å²) in [5, 5.41) is 2.80. The van der Waals surface area contributed by atoms with Crippen molar-refractivity contribution in [2.24, 2.45) is 0 Å². The highest BCUT2D eigenvalue weighted by molar-refractivity contribution is 7.17. The SMILES string of the molecule is Cc1cc(-c2ccc(C3CCN(C)CC3)cc2OC(F)(F)F)sc1C(=O)N1CC[C@H](NC(=O)OC(C)(C)C)C1. The van der Waals surface area contributed by atoms with Gasteiger partial charge in [0.05, 0.1) is 10.9 Å². The molecule has 2 aromatic rings. The fourth-order valence-electron chi connectivity index (χ4n) is 5.05. The number of nitrogens with zero attached hydrogens (tertiary/aromatic N) is 2. The van der Waals surface area contributed by atoms with E-state index in [1.165, 1.54) is 6.07 Å². The minimum absolute atomic E-state index is 0.172. The Morgan fingerprint density at radius 2 is 1.74 bits per heavy atom. The van der Waals surface area contributed by atoms with E-state index in [0.717, 1.165) is 42.8 Å². The summed E-state index contributed by atoms with van der Waals surface area (Å²) in [6.45, 7) is 9.68. The zero-order valence-corrected chi connectivity index (χ0v) is 23.8. The Labute approximate surface area is 231 Å². The van der Waals surface area contributed by atoms with Crippen molar-refractivity contribution in [1.82, 2.24) is 15.1 Å². The summed E-state index contributed by atoms with van der Waals surface area (Å²) in [7, 11) is 2.04. The molecule has 11 heteroatoms. The molecule has 0 bridgehead atoms. The van der Waals surface area contributed by atoms with Crippen LogP contribution >= 0.6 is 11.3 Å². The second-order valence-electron chi connectivity index (χ2n) is 11.4. The van der Waals surface area contributed by atoms with E-state index in [4.69, 9.17) is 4.74 Å². The van der Waals surface area contributed by atoms with Gasteiger partial charge in [-0.15, -0.1) is 24.5 Å². The summed E-state index contributed by atoms with van der Waals surface area (Å²) in [4.78, 5) is 30.3. The van der Waals surface area contributed by atoms with E-state index in [0.29, 0.717) is 40.4 Å². The number of alkyl carbamates (subject to hydrolysis) is 1. The molecule has 2 aliphatic heterocycles. The van der Waals surface area contributed by atoms with E-state index in [9.17, 15) is 22.8 Å². The highest BCUT2D eigenvalue weighted by atomic mass is 32.1. The first-order chi connectivity index (χ1) is 18.2. The predicted octanol–water partition coefficient (Wildman–Crippen LogP) is 6.17. The van der Waals surface area contributed by atoms with Gasteiger partial charge in [0.25, 0.3) is 5.91 Å². The highest BCUT2D eigenvalue weighted by Crippen LogP contribution is 2.42. The Bertz CT molecular complexity index is 1200. The lowest BCUT2D eigenvalue weighted by Crippen LogP contribution is -2.41. The molecule has 0 aliphatic carbocycles. The number of nitrogens with one attached hydrogen (secondary N) is 1. The molecule has 2 aliphatic rings. The van der Waals surface area contributed by atoms with Crippen molar-refractivity contribution in [3.05, 3.63) is 40.3 Å². The normalized spacial score (nSPS) is 19.3. The largest absolute Gasteiger partial charge is 0.573 e. The molecule has 1 atom stereocenters. The van der Waals surface area contributed by atoms with Crippen LogP contribution in [0, 0.1) is 6.92 Å². The molecule has 1 aromatic heterocycles. The number of thiophene rings is 1. The average Bonchev–Trinajstić information content (AvgIpc) is 3.43. The predicted molar refractivity (Wildman–Crippen MR) is 144 cm³/mol. The van der Waals surface area contributed by atoms with E-state index in [1.807, 2.05) is 13.1 Å². The Kier molecular flexibility index (Phi) is 8.51. The van der Waals surface area contributed by atoms with E-state index in [1.54, 1.807) is 44.7 Å². The number of carbonyl (C=O) groups excluding carboxylic acids is 2. The Hall–Kier alpha value is -2.79. The molecule has 2 amide bonds. The summed E-state index contributed by atoms with van der Waals surface area (Å²) in [6.07, 6.45) is -3.03. The fraction of sp³-hybridized carbons (Fsp3) is 0.571. The van der Waals surface area contributed by atoms with Crippen LogP contribution in [0.5, 0.6) is 5.75 Å². The van der Waals surface area contributed by atoms with Gasteiger partial charge < -0.3 is 24.6 Å². The third-order valence-corrected chi connectivity index (χ3v) is 8.25. The first kappa shape index (κ1) is 29.2. The van der Waals surface area contributed by atoms with Gasteiger partial charge in [0, 0.05) is 23.5 Å². The molecule has 0 unspecified atom stereocenters. The van der Waals surface area contributed by atoms with Crippen molar-refractivity contribution in [3.63, 3.8) is 0 Å². The van der Waals surface area contributed by atoms with Crippen molar-refractivity contribution in [1.29, 1.82) is 0 Å². The van der Waals surface area contributed by atoms with Gasteiger partial charge in [-0.25, -0.2) is 4.79 Å². The fourth-order valence-corrected chi connectivity index (χ4v) is 6.23. The van der Waals surface area contributed by atoms with Crippen LogP contribution in [-0.4, -0.2) is 73.0 Å². The molecule has 2 saturated heterocycles. The van der Waals surface area contributed by atoms with Gasteiger partial charge >= 0.3 is 12.5 Å². The maximum atomic E-state index is 13.4. The first-order valence-electron chi connectivity index (χ1n) is 13.2. The van der Waals surface area contributed by atoms with Crippen molar-refractivity contribution in [3.8, 4) is 16.2 Å². The number of hydrogen-bond donors (Lipinski definition) is 1. The lowest BCUT2D eigenvalue weighted by Gasteiger charge is -2.29. The number of rotatable bonds is 5. The van der Waals surface area contributed by atoms with Gasteiger partial charge in [-0.2, -0.15) is 0 Å². The van der Waals surface area contributed by atoms with Crippen LogP contribution in [0.15, 0.2) is 24.3 Å². The zero-order valence-electron chi connectivity index (χ0n) is 23.0. The molecular weight excluding hydrogens is 531 g/mol. The second-order valence-corrected chi connectivity index (χ2v) is 12.4. The standard InChI is InChI=1S/C28H36F3N3O4S/c1-17-14-23(39-24(17)25(35)34-13-10-20(16-34)32-26(36)38-27(2,3)4)21-7-6-19(15-22(21)37-28(29,30)31)18-8-11-33(5)12-9-18/h6-7,14-15,18,20H,8-13,16H2,1-5H3,(H,32,36)/t20-/m0/s1. The molecule has 1 aromatic carbocycles. The van der Waals surface area contributed by atoms with Crippen LogP contribution in [0.1, 0.15) is 66.8 Å². The number of aryl methyl sites for hydroxylation is 1. The molecule has 2 fully saturated rings. The number of likely N-dealkylation sites (tertiary alicyclic amines) is 2. The van der Waals surface area contributed by atoms with Gasteiger partial charge in [-0.1, -0.05) is 6.07 Å². The summed E-state index contributed by atoms with van der Waals surface area (Å²) in [5.41, 5.74) is 1.20. The number of halogens is 3. The van der Waals surface area contributed by atoms with E-state index < -0.39 is 18.1 Å². The summed E-state index contributed by atoms with van der Waals surface area (Å²) in [5.74, 6) is -0.286. The molecule has 0 saturated carbocycles. The zero-order chi connectivity index (χ0) is 28.5. The molecule has 0 spiro atoms. The van der Waals surface area contributed by atoms with Crippen LogP contribution in [0.3, 0.4) is 0 Å². The van der Waals surface area contributed by atoms with Crippen LogP contribution in [0.25, 0.3) is 10.4 Å². The lowest BCUT2D eigenvalue weighted by atomic mass is 9.89. The summed E-state index contributed by atoms with van der Waals surface area (Å²) < 4.78 is 49.9. The van der Waals surface area contributed by atoms with E-state index >= 15 is 0 Å². The number of benzene rings is 1.